The topological polar surface area (TPSA) is 37.3 Å². The van der Waals surface area contributed by atoms with Crippen LogP contribution in [0.2, 0.25) is 5.02 Å². The lowest BCUT2D eigenvalue weighted by Crippen LogP contribution is -1.78. The Kier molecular flexibility index (Phi) is 21.2. The van der Waals surface area contributed by atoms with Crippen molar-refractivity contribution in [1.29, 1.82) is 0 Å². The average Bonchev–Trinajstić information content (AvgIpc) is 2.41. The standard InChI is InChI=1S/C8H9ClO.2C4H10.C3H6O/c1-2-6-3-4-8(10)7(9)5-6;1-4(2)3;1-3-4-2;1-3(2)4/h3-5,10H,2H2,1H3;4H,1-3H3;3-4H2,1-2H3;1-2H3. The molecule has 0 aromatic heterocycles. The molecule has 0 heterocycles. The van der Waals surface area contributed by atoms with E-state index in [4.69, 9.17) is 16.7 Å². The number of aryl methyl sites for hydroxylation is 1. The van der Waals surface area contributed by atoms with Gasteiger partial charge in [0.25, 0.3) is 0 Å². The quantitative estimate of drug-likeness (QED) is 0.657. The summed E-state index contributed by atoms with van der Waals surface area (Å²) in [7, 11) is 0. The summed E-state index contributed by atoms with van der Waals surface area (Å²) in [5.74, 6) is 1.15. The van der Waals surface area contributed by atoms with Gasteiger partial charge in [-0.15, -0.1) is 0 Å². The Morgan fingerprint density at radius 2 is 1.45 bits per heavy atom. The molecule has 1 aromatic carbocycles. The number of carbonyl (C=O) groups excluding carboxylic acids is 1. The number of Topliss-reactive ketones (excluding diaryl/α,β-unsaturated/α-hetero) is 1. The highest BCUT2D eigenvalue weighted by Gasteiger charge is 1.96. The van der Waals surface area contributed by atoms with Crippen LogP contribution in [0, 0.1) is 5.92 Å². The first-order valence-corrected chi connectivity index (χ1v) is 8.44. The van der Waals surface area contributed by atoms with E-state index < -0.39 is 0 Å². The number of carbonyl (C=O) groups is 1. The molecule has 22 heavy (non-hydrogen) atoms. The monoisotopic (exact) mass is 330 g/mol. The van der Waals surface area contributed by atoms with Crippen LogP contribution in [0.4, 0.5) is 0 Å². The summed E-state index contributed by atoms with van der Waals surface area (Å²) in [6, 6.07) is 5.25. The van der Waals surface area contributed by atoms with Gasteiger partial charge in [0.2, 0.25) is 0 Å². The molecule has 130 valence electrons. The number of unbranched alkanes of at least 4 members (excludes halogenated alkanes) is 1. The van der Waals surface area contributed by atoms with E-state index >= 15 is 0 Å². The number of phenols is 1. The number of hydrogen-bond acceptors (Lipinski definition) is 2. The molecule has 0 aliphatic carbocycles. The van der Waals surface area contributed by atoms with E-state index in [9.17, 15) is 4.79 Å². The molecule has 0 fully saturated rings. The smallest absolute Gasteiger partial charge is 0.134 e. The van der Waals surface area contributed by atoms with Crippen LogP contribution in [0.3, 0.4) is 0 Å². The first kappa shape index (κ1) is 25.9. The third-order valence-electron chi connectivity index (χ3n) is 1.92. The van der Waals surface area contributed by atoms with Crippen LogP contribution < -0.4 is 0 Å². The summed E-state index contributed by atoms with van der Waals surface area (Å²) in [6.45, 7) is 16.0. The Bertz CT molecular complexity index is 365. The first-order chi connectivity index (χ1) is 10.1. The van der Waals surface area contributed by atoms with E-state index in [-0.39, 0.29) is 11.5 Å². The number of aromatic hydroxyl groups is 1. The van der Waals surface area contributed by atoms with Gasteiger partial charge in [-0.1, -0.05) is 72.1 Å². The first-order valence-electron chi connectivity index (χ1n) is 8.06. The molecule has 0 saturated carbocycles. The predicted molar refractivity (Wildman–Crippen MR) is 99.9 cm³/mol. The van der Waals surface area contributed by atoms with Crippen molar-refractivity contribution >= 4 is 17.4 Å². The molecule has 0 amide bonds. The number of ketones is 1. The Balaban J connectivity index is -0.000000253. The van der Waals surface area contributed by atoms with Gasteiger partial charge in [-0.05, 0) is 43.9 Å². The minimum atomic E-state index is 0.152. The van der Waals surface area contributed by atoms with Gasteiger partial charge in [0.1, 0.15) is 11.5 Å². The number of benzene rings is 1. The second-order valence-electron chi connectivity index (χ2n) is 5.78. The highest BCUT2D eigenvalue weighted by molar-refractivity contribution is 6.32. The van der Waals surface area contributed by atoms with E-state index in [1.54, 1.807) is 12.1 Å². The Morgan fingerprint density at radius 1 is 1.09 bits per heavy atom. The fraction of sp³-hybridized carbons (Fsp3) is 0.632. The van der Waals surface area contributed by atoms with Crippen molar-refractivity contribution in [2.75, 3.05) is 0 Å². The van der Waals surface area contributed by atoms with E-state index in [1.807, 2.05) is 13.0 Å². The van der Waals surface area contributed by atoms with E-state index in [0.717, 1.165) is 17.9 Å². The zero-order chi connectivity index (χ0) is 18.1. The molecule has 0 unspecified atom stereocenters. The number of rotatable bonds is 2. The van der Waals surface area contributed by atoms with E-state index in [2.05, 4.69) is 34.6 Å². The molecule has 0 atom stereocenters. The third kappa shape index (κ3) is 27.3. The van der Waals surface area contributed by atoms with Crippen LogP contribution in [0.25, 0.3) is 0 Å². The van der Waals surface area contributed by atoms with Gasteiger partial charge in [-0.25, -0.2) is 0 Å². The van der Waals surface area contributed by atoms with E-state index in [1.165, 1.54) is 26.7 Å². The van der Waals surface area contributed by atoms with Crippen LogP contribution in [0.1, 0.15) is 73.8 Å². The summed E-state index contributed by atoms with van der Waals surface area (Å²) < 4.78 is 0. The maximum Gasteiger partial charge on any atom is 0.134 e. The molecule has 2 nitrogen and oxygen atoms in total. The van der Waals surface area contributed by atoms with Crippen LogP contribution >= 0.6 is 11.6 Å². The fourth-order valence-corrected chi connectivity index (χ4v) is 0.973. The van der Waals surface area contributed by atoms with E-state index in [0.29, 0.717) is 5.02 Å². The molecule has 0 saturated heterocycles. The van der Waals surface area contributed by atoms with Gasteiger partial charge < -0.3 is 9.90 Å². The van der Waals surface area contributed by atoms with Crippen molar-refractivity contribution in [1.82, 2.24) is 0 Å². The summed E-state index contributed by atoms with van der Waals surface area (Å²) >= 11 is 5.64. The van der Waals surface area contributed by atoms with Gasteiger partial charge in [0.05, 0.1) is 5.02 Å². The molecule has 0 aliphatic heterocycles. The molecule has 0 radical (unpaired) electrons. The lowest BCUT2D eigenvalue weighted by molar-refractivity contribution is -0.114. The maximum atomic E-state index is 9.44. The zero-order valence-electron chi connectivity index (χ0n) is 15.7. The third-order valence-corrected chi connectivity index (χ3v) is 2.22. The molecule has 1 N–H and O–H groups in total. The second kappa shape index (κ2) is 18.0. The van der Waals surface area contributed by atoms with Crippen molar-refractivity contribution in [3.8, 4) is 5.75 Å². The van der Waals surface area contributed by atoms with Crippen molar-refractivity contribution in [3.63, 3.8) is 0 Å². The normalized spacial score (nSPS) is 8.64. The zero-order valence-corrected chi connectivity index (χ0v) is 16.4. The maximum absolute atomic E-state index is 9.44. The van der Waals surface area contributed by atoms with Crippen molar-refractivity contribution < 1.29 is 9.90 Å². The van der Waals surface area contributed by atoms with Crippen molar-refractivity contribution in [3.05, 3.63) is 28.8 Å². The Morgan fingerprint density at radius 3 is 1.68 bits per heavy atom. The van der Waals surface area contributed by atoms with Gasteiger partial charge in [-0.3, -0.25) is 0 Å². The van der Waals surface area contributed by atoms with Crippen LogP contribution in [0.5, 0.6) is 5.75 Å². The van der Waals surface area contributed by atoms with Gasteiger partial charge in [-0.2, -0.15) is 0 Å². The molecule has 1 aromatic rings. The molecule has 0 bridgehead atoms. The molecular weight excluding hydrogens is 296 g/mol. The molecular formula is C19H35ClO2. The highest BCUT2D eigenvalue weighted by Crippen LogP contribution is 2.23. The lowest BCUT2D eigenvalue weighted by Gasteiger charge is -1.98. The molecule has 0 spiro atoms. The average molecular weight is 331 g/mol. The Hall–Kier alpha value is -1.02. The number of halogens is 1. The minimum absolute atomic E-state index is 0.152. The second-order valence-corrected chi connectivity index (χ2v) is 6.19. The van der Waals surface area contributed by atoms with Crippen LogP contribution in [0.15, 0.2) is 18.2 Å². The van der Waals surface area contributed by atoms with Gasteiger partial charge >= 0.3 is 0 Å². The number of hydrogen-bond donors (Lipinski definition) is 1. The molecule has 1 rings (SSSR count). The predicted octanol–water partition coefficient (Wildman–Crippen LogP) is 6.67. The minimum Gasteiger partial charge on any atom is -0.506 e. The molecule has 3 heteroatoms. The largest absolute Gasteiger partial charge is 0.506 e. The van der Waals surface area contributed by atoms with Crippen LogP contribution in [-0.2, 0) is 11.2 Å². The van der Waals surface area contributed by atoms with Crippen LogP contribution in [-0.4, -0.2) is 10.9 Å². The van der Waals surface area contributed by atoms with Crippen molar-refractivity contribution in [2.24, 2.45) is 5.92 Å². The lowest BCUT2D eigenvalue weighted by atomic mass is 10.2. The summed E-state index contributed by atoms with van der Waals surface area (Å²) in [5, 5.41) is 9.44. The summed E-state index contributed by atoms with van der Waals surface area (Å²) in [4.78, 5) is 9.44. The summed E-state index contributed by atoms with van der Waals surface area (Å²) in [5.41, 5.74) is 1.14. The fourth-order valence-electron chi connectivity index (χ4n) is 0.770. The van der Waals surface area contributed by atoms with Crippen molar-refractivity contribution in [2.45, 2.75) is 74.7 Å². The molecule has 0 aliphatic rings. The number of phenolic OH excluding ortho intramolecular Hbond substituents is 1. The van der Waals surface area contributed by atoms with Gasteiger partial charge in [0, 0.05) is 0 Å². The Labute approximate surface area is 142 Å². The SMILES string of the molecule is CC(C)=O.CC(C)C.CCCC.CCc1ccc(O)c(Cl)c1. The summed E-state index contributed by atoms with van der Waals surface area (Å²) in [6.07, 6.45) is 3.58. The highest BCUT2D eigenvalue weighted by atomic mass is 35.5. The van der Waals surface area contributed by atoms with Gasteiger partial charge in [0.15, 0.2) is 0 Å².